The monoisotopic (exact) mass is 245 g/mol. The molecule has 0 unspecified atom stereocenters. The molecule has 2 rings (SSSR count). The maximum atomic E-state index is 13.1. The van der Waals surface area contributed by atoms with Gasteiger partial charge in [-0.1, -0.05) is 0 Å². The van der Waals surface area contributed by atoms with Gasteiger partial charge in [-0.3, -0.25) is 14.3 Å². The van der Waals surface area contributed by atoms with E-state index in [4.69, 9.17) is 5.73 Å². The third kappa shape index (κ3) is 1.90. The van der Waals surface area contributed by atoms with E-state index in [1.807, 2.05) is 0 Å². The smallest absolute Gasteiger partial charge is 0.328 e. The van der Waals surface area contributed by atoms with Crippen molar-refractivity contribution in [2.45, 2.75) is 30.7 Å². The molecule has 0 spiro atoms. The number of rotatable bonds is 1. The van der Waals surface area contributed by atoms with Crippen molar-refractivity contribution in [3.63, 3.8) is 0 Å². The van der Waals surface area contributed by atoms with Crippen molar-refractivity contribution in [3.8, 4) is 0 Å². The lowest BCUT2D eigenvalue weighted by Gasteiger charge is -2.18. The molecule has 8 heteroatoms. The molecule has 1 saturated carbocycles. The molecule has 1 aliphatic carbocycles. The van der Waals surface area contributed by atoms with Crippen LogP contribution in [0.1, 0.15) is 12.5 Å². The fourth-order valence-corrected chi connectivity index (χ4v) is 2.02. The number of nitrogens with zero attached hydrogens (tertiary/aromatic N) is 1. The molecule has 17 heavy (non-hydrogen) atoms. The first kappa shape index (κ1) is 12.0. The van der Waals surface area contributed by atoms with Gasteiger partial charge in [-0.15, -0.1) is 0 Å². The zero-order chi connectivity index (χ0) is 12.7. The quantitative estimate of drug-likeness (QED) is 0.442. The van der Waals surface area contributed by atoms with Crippen molar-refractivity contribution in [2.75, 3.05) is 0 Å². The summed E-state index contributed by atoms with van der Waals surface area (Å²) in [6.45, 7) is 0. The summed E-state index contributed by atoms with van der Waals surface area (Å²) >= 11 is 0. The summed E-state index contributed by atoms with van der Waals surface area (Å²) in [7, 11) is 0. The lowest BCUT2D eigenvalue weighted by atomic mass is 10.2. The normalized spacial score (nSPS) is 32.9. The third-order valence-corrected chi connectivity index (χ3v) is 2.98. The molecule has 0 saturated heterocycles. The molecule has 94 valence electrons. The van der Waals surface area contributed by atoms with Crippen LogP contribution >= 0.6 is 0 Å². The summed E-state index contributed by atoms with van der Waals surface area (Å²) in [6, 6.07) is -1.55. The van der Waals surface area contributed by atoms with E-state index < -0.39 is 41.4 Å². The molecule has 0 radical (unpaired) electrons. The van der Waals surface area contributed by atoms with Gasteiger partial charge in [0.2, 0.25) is 5.82 Å². The van der Waals surface area contributed by atoms with Gasteiger partial charge in [-0.05, 0) is 6.42 Å². The minimum Gasteiger partial charge on any atom is -0.389 e. The zero-order valence-electron chi connectivity index (χ0n) is 8.71. The van der Waals surface area contributed by atoms with Gasteiger partial charge in [-0.25, -0.2) is 4.79 Å². The molecule has 0 aliphatic heterocycles. The highest BCUT2D eigenvalue weighted by molar-refractivity contribution is 5.00. The fourth-order valence-electron chi connectivity index (χ4n) is 2.02. The van der Waals surface area contributed by atoms with Gasteiger partial charge in [0.1, 0.15) is 6.10 Å². The zero-order valence-corrected chi connectivity index (χ0v) is 8.71. The van der Waals surface area contributed by atoms with Gasteiger partial charge in [0.05, 0.1) is 18.3 Å². The minimum absolute atomic E-state index is 0.119. The topological polar surface area (TPSA) is 121 Å². The molecule has 1 aromatic heterocycles. The van der Waals surface area contributed by atoms with Crippen LogP contribution in [0.4, 0.5) is 4.39 Å². The lowest BCUT2D eigenvalue weighted by Crippen LogP contribution is -2.39. The van der Waals surface area contributed by atoms with Crippen molar-refractivity contribution >= 4 is 0 Å². The molecule has 1 aliphatic rings. The Hall–Kier alpha value is -1.51. The van der Waals surface area contributed by atoms with E-state index in [1.165, 1.54) is 0 Å². The number of halogens is 1. The summed E-state index contributed by atoms with van der Waals surface area (Å²) in [4.78, 5) is 24.1. The van der Waals surface area contributed by atoms with Crippen LogP contribution in [0.5, 0.6) is 0 Å². The molecule has 0 bridgehead atoms. The average Bonchev–Trinajstić information content (AvgIpc) is 2.51. The number of nitrogens with one attached hydrogen (secondary N) is 1. The highest BCUT2D eigenvalue weighted by Gasteiger charge is 2.41. The fraction of sp³-hybridized carbons (Fsp3) is 0.556. The first-order chi connectivity index (χ1) is 7.91. The summed E-state index contributed by atoms with van der Waals surface area (Å²) in [5.41, 5.74) is 3.56. The number of aromatic nitrogens is 2. The Morgan fingerprint density at radius 2 is 2.06 bits per heavy atom. The van der Waals surface area contributed by atoms with Gasteiger partial charge in [-0.2, -0.15) is 4.39 Å². The van der Waals surface area contributed by atoms with Gasteiger partial charge in [0, 0.05) is 6.04 Å². The SMILES string of the molecule is N[C@@H]1C[C@H](n2cc(F)c(=O)[nH]c2=O)[C@H](O)[C@@H]1O. The van der Waals surface area contributed by atoms with Crippen molar-refractivity contribution in [2.24, 2.45) is 5.73 Å². The summed E-state index contributed by atoms with van der Waals surface area (Å²) in [6.07, 6.45) is -1.62. The van der Waals surface area contributed by atoms with E-state index in [-0.39, 0.29) is 6.42 Å². The molecular formula is C9H12FN3O4. The van der Waals surface area contributed by atoms with Crippen LogP contribution in [-0.4, -0.2) is 38.0 Å². The first-order valence-corrected chi connectivity index (χ1v) is 5.04. The van der Waals surface area contributed by atoms with Crippen molar-refractivity contribution in [3.05, 3.63) is 32.9 Å². The number of H-pyrrole nitrogens is 1. The van der Waals surface area contributed by atoms with Crippen molar-refractivity contribution < 1.29 is 14.6 Å². The molecule has 4 atom stereocenters. The highest BCUT2D eigenvalue weighted by Crippen LogP contribution is 2.28. The second kappa shape index (κ2) is 4.06. The van der Waals surface area contributed by atoms with Gasteiger partial charge < -0.3 is 15.9 Å². The Morgan fingerprint density at radius 1 is 1.41 bits per heavy atom. The van der Waals surface area contributed by atoms with Crippen LogP contribution in [0.2, 0.25) is 0 Å². The largest absolute Gasteiger partial charge is 0.389 e. The van der Waals surface area contributed by atoms with Gasteiger partial charge in [0.15, 0.2) is 0 Å². The van der Waals surface area contributed by atoms with Crippen LogP contribution in [0.15, 0.2) is 15.8 Å². The van der Waals surface area contributed by atoms with Crippen molar-refractivity contribution in [1.82, 2.24) is 9.55 Å². The number of nitrogens with two attached hydrogens (primary N) is 1. The molecule has 7 nitrogen and oxygen atoms in total. The second-order valence-corrected chi connectivity index (χ2v) is 4.09. The van der Waals surface area contributed by atoms with Crippen LogP contribution in [0, 0.1) is 5.82 Å². The Labute approximate surface area is 94.3 Å². The molecule has 0 amide bonds. The van der Waals surface area contributed by atoms with E-state index in [0.717, 1.165) is 4.57 Å². The van der Waals surface area contributed by atoms with Crippen LogP contribution < -0.4 is 17.0 Å². The second-order valence-electron chi connectivity index (χ2n) is 4.09. The first-order valence-electron chi connectivity index (χ1n) is 5.04. The molecule has 5 N–H and O–H groups in total. The Balaban J connectivity index is 2.46. The van der Waals surface area contributed by atoms with E-state index >= 15 is 0 Å². The number of aromatic amines is 1. The Bertz CT molecular complexity index is 540. The molecular weight excluding hydrogens is 233 g/mol. The number of hydrogen-bond donors (Lipinski definition) is 4. The number of aliphatic hydroxyl groups excluding tert-OH is 2. The summed E-state index contributed by atoms with van der Waals surface area (Å²) < 4.78 is 13.9. The summed E-state index contributed by atoms with van der Waals surface area (Å²) in [5, 5.41) is 19.1. The lowest BCUT2D eigenvalue weighted by molar-refractivity contribution is 0.0171. The van der Waals surface area contributed by atoms with E-state index in [0.29, 0.717) is 6.20 Å². The standard InChI is InChI=1S/C9H12FN3O4/c10-3-2-13(9(17)12-8(3)16)5-1-4(11)6(14)7(5)15/h2,4-7,14-15H,1,11H2,(H,12,16,17)/t4-,5+,6-,7+/m1/s1. The molecule has 1 fully saturated rings. The maximum Gasteiger partial charge on any atom is 0.328 e. The van der Waals surface area contributed by atoms with Crippen molar-refractivity contribution in [1.29, 1.82) is 0 Å². The number of hydrogen-bond acceptors (Lipinski definition) is 5. The van der Waals surface area contributed by atoms with E-state index in [1.54, 1.807) is 4.98 Å². The molecule has 0 aromatic carbocycles. The molecule has 1 aromatic rings. The minimum atomic E-state index is -1.27. The van der Waals surface area contributed by atoms with Crippen LogP contribution in [0.25, 0.3) is 0 Å². The average molecular weight is 245 g/mol. The van der Waals surface area contributed by atoms with Gasteiger partial charge >= 0.3 is 5.69 Å². The predicted octanol–water partition coefficient (Wildman–Crippen LogP) is -2.33. The maximum absolute atomic E-state index is 13.1. The predicted molar refractivity (Wildman–Crippen MR) is 54.9 cm³/mol. The summed E-state index contributed by atoms with van der Waals surface area (Å²) in [5.74, 6) is -1.13. The Kier molecular flexibility index (Phi) is 2.86. The molecule has 1 heterocycles. The van der Waals surface area contributed by atoms with E-state index in [2.05, 4.69) is 0 Å². The number of aliphatic hydroxyl groups is 2. The van der Waals surface area contributed by atoms with E-state index in [9.17, 15) is 24.2 Å². The highest BCUT2D eigenvalue weighted by atomic mass is 19.1. The van der Waals surface area contributed by atoms with Crippen LogP contribution in [-0.2, 0) is 0 Å². The Morgan fingerprint density at radius 3 is 2.59 bits per heavy atom. The third-order valence-electron chi connectivity index (χ3n) is 2.98. The van der Waals surface area contributed by atoms with Crippen LogP contribution in [0.3, 0.4) is 0 Å². The van der Waals surface area contributed by atoms with Gasteiger partial charge in [0.25, 0.3) is 5.56 Å².